The first-order valence-electron chi connectivity index (χ1n) is 7.63. The van der Waals surface area contributed by atoms with E-state index in [4.69, 9.17) is 4.74 Å². The van der Waals surface area contributed by atoms with Gasteiger partial charge in [-0.15, -0.1) is 0 Å². The van der Waals surface area contributed by atoms with Crippen LogP contribution in [0.5, 0.6) is 5.75 Å². The maximum absolute atomic E-state index is 5.21. The molecule has 0 amide bonds. The number of nitrogens with zero attached hydrogens (tertiary/aromatic N) is 1. The van der Waals surface area contributed by atoms with Crippen molar-refractivity contribution >= 4 is 0 Å². The second kappa shape index (κ2) is 7.09. The number of rotatable bonds is 7. The van der Waals surface area contributed by atoms with Crippen LogP contribution in [0, 0.1) is 5.41 Å². The van der Waals surface area contributed by atoms with Crippen LogP contribution in [0.15, 0.2) is 24.3 Å². The van der Waals surface area contributed by atoms with Gasteiger partial charge >= 0.3 is 0 Å². The number of methoxy groups -OCH3 is 1. The second-order valence-electron chi connectivity index (χ2n) is 6.26. The van der Waals surface area contributed by atoms with Crippen molar-refractivity contribution in [1.29, 1.82) is 0 Å². The summed E-state index contributed by atoms with van der Waals surface area (Å²) in [4.78, 5) is 2.46. The number of ether oxygens (including phenoxy) is 1. The second-order valence-corrected chi connectivity index (χ2v) is 6.26. The summed E-state index contributed by atoms with van der Waals surface area (Å²) in [6, 6.07) is 8.41. The van der Waals surface area contributed by atoms with Gasteiger partial charge in [0.05, 0.1) is 7.11 Å². The maximum Gasteiger partial charge on any atom is 0.118 e. The zero-order valence-corrected chi connectivity index (χ0v) is 13.1. The zero-order chi connectivity index (χ0) is 14.4. The highest BCUT2D eigenvalue weighted by Crippen LogP contribution is 2.38. The van der Waals surface area contributed by atoms with E-state index in [0.717, 1.165) is 18.8 Å². The Balaban J connectivity index is 1.91. The number of benzene rings is 1. The predicted octanol–water partition coefficient (Wildman–Crippen LogP) is 2.91. The summed E-state index contributed by atoms with van der Waals surface area (Å²) in [5, 5.41) is 3.39. The summed E-state index contributed by atoms with van der Waals surface area (Å²) in [6.45, 7) is 3.33. The average molecular weight is 276 g/mol. The standard InChI is InChI=1S/C17H28N2O/c1-18-13-17(10-4-5-11-17)14-19(2)12-15-6-8-16(20-3)9-7-15/h6-9,18H,4-5,10-14H2,1-3H3. The van der Waals surface area contributed by atoms with E-state index in [1.807, 2.05) is 12.1 Å². The lowest BCUT2D eigenvalue weighted by molar-refractivity contribution is 0.170. The van der Waals surface area contributed by atoms with Crippen molar-refractivity contribution in [2.24, 2.45) is 5.41 Å². The van der Waals surface area contributed by atoms with Gasteiger partial charge in [-0.25, -0.2) is 0 Å². The Kier molecular flexibility index (Phi) is 5.44. The van der Waals surface area contributed by atoms with E-state index in [-0.39, 0.29) is 0 Å². The molecule has 1 aromatic rings. The minimum absolute atomic E-state index is 0.482. The molecule has 0 saturated heterocycles. The number of hydrogen-bond acceptors (Lipinski definition) is 3. The van der Waals surface area contributed by atoms with Gasteiger partial charge in [-0.1, -0.05) is 25.0 Å². The van der Waals surface area contributed by atoms with Crippen LogP contribution in [0.4, 0.5) is 0 Å². The lowest BCUT2D eigenvalue weighted by Crippen LogP contribution is -2.40. The summed E-state index contributed by atoms with van der Waals surface area (Å²) >= 11 is 0. The van der Waals surface area contributed by atoms with Gasteiger partial charge in [-0.05, 0) is 50.0 Å². The third kappa shape index (κ3) is 3.97. The van der Waals surface area contributed by atoms with Gasteiger partial charge in [0.25, 0.3) is 0 Å². The fourth-order valence-electron chi connectivity index (χ4n) is 3.56. The van der Waals surface area contributed by atoms with E-state index in [1.54, 1.807) is 7.11 Å². The normalized spacial score (nSPS) is 17.6. The van der Waals surface area contributed by atoms with E-state index < -0.39 is 0 Å². The Bertz CT molecular complexity index is 396. The van der Waals surface area contributed by atoms with Gasteiger partial charge in [0.2, 0.25) is 0 Å². The Morgan fingerprint density at radius 3 is 2.40 bits per heavy atom. The molecule has 1 aliphatic rings. The molecule has 1 saturated carbocycles. The molecule has 112 valence electrons. The van der Waals surface area contributed by atoms with Crippen LogP contribution in [0.25, 0.3) is 0 Å². The quantitative estimate of drug-likeness (QED) is 0.829. The van der Waals surface area contributed by atoms with E-state index >= 15 is 0 Å². The molecule has 1 fully saturated rings. The van der Waals surface area contributed by atoms with Crippen molar-refractivity contribution in [2.45, 2.75) is 32.2 Å². The van der Waals surface area contributed by atoms with Crippen molar-refractivity contribution in [2.75, 3.05) is 34.3 Å². The zero-order valence-electron chi connectivity index (χ0n) is 13.1. The highest BCUT2D eigenvalue weighted by atomic mass is 16.5. The van der Waals surface area contributed by atoms with Crippen molar-refractivity contribution in [3.63, 3.8) is 0 Å². The summed E-state index contributed by atoms with van der Waals surface area (Å²) in [5.41, 5.74) is 1.83. The monoisotopic (exact) mass is 276 g/mol. The van der Waals surface area contributed by atoms with E-state index in [1.165, 1.54) is 37.8 Å². The lowest BCUT2D eigenvalue weighted by atomic mass is 9.85. The Morgan fingerprint density at radius 1 is 1.20 bits per heavy atom. The summed E-state index contributed by atoms with van der Waals surface area (Å²) < 4.78 is 5.21. The van der Waals surface area contributed by atoms with Gasteiger partial charge in [0, 0.05) is 19.6 Å². The molecule has 0 radical (unpaired) electrons. The van der Waals surface area contributed by atoms with Crippen LogP contribution in [-0.2, 0) is 6.54 Å². The molecule has 3 heteroatoms. The first-order valence-corrected chi connectivity index (χ1v) is 7.63. The molecular weight excluding hydrogens is 248 g/mol. The molecule has 1 aliphatic carbocycles. The molecule has 1 aromatic carbocycles. The first kappa shape index (κ1) is 15.3. The predicted molar refractivity (Wildman–Crippen MR) is 84.2 cm³/mol. The largest absolute Gasteiger partial charge is 0.497 e. The van der Waals surface area contributed by atoms with Crippen LogP contribution in [0.1, 0.15) is 31.2 Å². The molecule has 0 spiro atoms. The van der Waals surface area contributed by atoms with Crippen LogP contribution in [0.2, 0.25) is 0 Å². The van der Waals surface area contributed by atoms with Crippen LogP contribution < -0.4 is 10.1 Å². The lowest BCUT2D eigenvalue weighted by Gasteiger charge is -2.33. The van der Waals surface area contributed by atoms with Gasteiger partial charge < -0.3 is 15.0 Å². The smallest absolute Gasteiger partial charge is 0.118 e. The van der Waals surface area contributed by atoms with Gasteiger partial charge in [-0.2, -0.15) is 0 Å². The Hall–Kier alpha value is -1.06. The number of hydrogen-bond donors (Lipinski definition) is 1. The average Bonchev–Trinajstić information content (AvgIpc) is 2.88. The van der Waals surface area contributed by atoms with Crippen LogP contribution in [-0.4, -0.2) is 39.2 Å². The van der Waals surface area contributed by atoms with E-state index in [0.29, 0.717) is 5.41 Å². The van der Waals surface area contributed by atoms with Crippen LogP contribution in [0.3, 0.4) is 0 Å². The van der Waals surface area contributed by atoms with Crippen molar-refractivity contribution in [1.82, 2.24) is 10.2 Å². The molecule has 0 bridgehead atoms. The third-order valence-corrected chi connectivity index (χ3v) is 4.43. The molecule has 2 rings (SSSR count). The number of nitrogens with one attached hydrogen (secondary N) is 1. The van der Waals surface area contributed by atoms with Crippen LogP contribution >= 0.6 is 0 Å². The summed E-state index contributed by atoms with van der Waals surface area (Å²) in [5.74, 6) is 0.929. The highest BCUT2D eigenvalue weighted by molar-refractivity contribution is 5.27. The molecular formula is C17H28N2O. The molecule has 0 unspecified atom stereocenters. The summed E-state index contributed by atoms with van der Waals surface area (Å²) in [6.07, 6.45) is 5.50. The molecule has 3 nitrogen and oxygen atoms in total. The topological polar surface area (TPSA) is 24.5 Å². The summed E-state index contributed by atoms with van der Waals surface area (Å²) in [7, 11) is 6.02. The molecule has 0 atom stereocenters. The maximum atomic E-state index is 5.21. The van der Waals surface area contributed by atoms with E-state index in [2.05, 4.69) is 36.4 Å². The molecule has 1 N–H and O–H groups in total. The molecule has 0 aromatic heterocycles. The van der Waals surface area contributed by atoms with Gasteiger partial charge in [-0.3, -0.25) is 0 Å². The Morgan fingerprint density at radius 2 is 1.85 bits per heavy atom. The molecule has 20 heavy (non-hydrogen) atoms. The highest BCUT2D eigenvalue weighted by Gasteiger charge is 2.34. The fraction of sp³-hybridized carbons (Fsp3) is 0.647. The van der Waals surface area contributed by atoms with Gasteiger partial charge in [0.15, 0.2) is 0 Å². The minimum Gasteiger partial charge on any atom is -0.497 e. The van der Waals surface area contributed by atoms with Crippen molar-refractivity contribution in [3.05, 3.63) is 29.8 Å². The third-order valence-electron chi connectivity index (χ3n) is 4.43. The SMILES string of the molecule is CNCC1(CN(C)Cc2ccc(OC)cc2)CCCC1. The van der Waals surface area contributed by atoms with Crippen molar-refractivity contribution in [3.8, 4) is 5.75 Å². The Labute approximate surface area is 123 Å². The van der Waals surface area contributed by atoms with Crippen molar-refractivity contribution < 1.29 is 4.74 Å². The fourth-order valence-corrected chi connectivity index (χ4v) is 3.56. The molecule has 0 aliphatic heterocycles. The minimum atomic E-state index is 0.482. The first-order chi connectivity index (χ1) is 9.67. The van der Waals surface area contributed by atoms with E-state index in [9.17, 15) is 0 Å². The molecule has 0 heterocycles. The van der Waals surface area contributed by atoms with Gasteiger partial charge in [0.1, 0.15) is 5.75 Å².